The van der Waals surface area contributed by atoms with Gasteiger partial charge in [0.25, 0.3) is 9.84 Å². The van der Waals surface area contributed by atoms with E-state index in [1.165, 1.54) is 0 Å². The minimum Gasteiger partial charge on any atom is -0.476 e. The van der Waals surface area contributed by atoms with Crippen molar-refractivity contribution < 1.29 is 40.3 Å². The van der Waals surface area contributed by atoms with Crippen molar-refractivity contribution in [2.24, 2.45) is 0 Å². The lowest BCUT2D eigenvalue weighted by atomic mass is 10.2. The van der Waals surface area contributed by atoms with E-state index in [4.69, 9.17) is 5.11 Å². The Morgan fingerprint density at radius 3 is 2.05 bits per heavy atom. The molecule has 1 aromatic rings. The van der Waals surface area contributed by atoms with E-state index in [-0.39, 0.29) is 6.07 Å². The highest BCUT2D eigenvalue weighted by Crippen LogP contribution is 2.34. The summed E-state index contributed by atoms with van der Waals surface area (Å²) in [5, 5.41) is 2.90. The molecular formula is C9H5F5O4S. The minimum absolute atomic E-state index is 0.0494. The van der Waals surface area contributed by atoms with Gasteiger partial charge in [0.05, 0.1) is 10.5 Å². The molecule has 0 aliphatic heterocycles. The molecule has 0 aliphatic carbocycles. The van der Waals surface area contributed by atoms with E-state index in [1.807, 2.05) is 0 Å². The zero-order valence-corrected chi connectivity index (χ0v) is 9.60. The molecule has 0 saturated carbocycles. The van der Waals surface area contributed by atoms with Crippen LogP contribution < -0.4 is 0 Å². The van der Waals surface area contributed by atoms with Crippen LogP contribution in [-0.2, 0) is 20.8 Å². The largest absolute Gasteiger partial charge is 0.476 e. The topological polar surface area (TPSA) is 71.4 Å². The fourth-order valence-electron chi connectivity index (χ4n) is 1.10. The molecule has 1 rings (SSSR count). The van der Waals surface area contributed by atoms with Crippen LogP contribution in [-0.4, -0.2) is 24.7 Å². The van der Waals surface area contributed by atoms with Crippen molar-refractivity contribution in [3.05, 3.63) is 29.8 Å². The van der Waals surface area contributed by atoms with Gasteiger partial charge in [0, 0.05) is 0 Å². The van der Waals surface area contributed by atoms with Crippen LogP contribution in [0.2, 0.25) is 0 Å². The lowest BCUT2D eigenvalue weighted by Gasteiger charge is -2.13. The third-order valence-electron chi connectivity index (χ3n) is 2.06. The van der Waals surface area contributed by atoms with Crippen molar-refractivity contribution in [2.45, 2.75) is 16.3 Å². The molecule has 0 aliphatic rings. The molecule has 19 heavy (non-hydrogen) atoms. The Balaban J connectivity index is 3.44. The smallest absolute Gasteiger partial charge is 0.444 e. The maximum absolute atomic E-state index is 13.0. The molecule has 0 radical (unpaired) electrons. The molecule has 0 atom stereocenters. The quantitative estimate of drug-likeness (QED) is 0.869. The van der Waals surface area contributed by atoms with Gasteiger partial charge in [0.2, 0.25) is 0 Å². The molecule has 0 aromatic heterocycles. The summed E-state index contributed by atoms with van der Waals surface area (Å²) < 4.78 is 85.4. The Kier molecular flexibility index (Phi) is 3.59. The summed E-state index contributed by atoms with van der Waals surface area (Å²) in [6, 6.07) is 1.47. The van der Waals surface area contributed by atoms with E-state index in [0.29, 0.717) is 18.2 Å². The summed E-state index contributed by atoms with van der Waals surface area (Å²) in [5.41, 5.74) is -1.48. The number of carboxylic acids is 1. The van der Waals surface area contributed by atoms with Crippen molar-refractivity contribution in [1.29, 1.82) is 0 Å². The van der Waals surface area contributed by atoms with Crippen LogP contribution in [0.25, 0.3) is 0 Å². The van der Waals surface area contributed by atoms with Gasteiger partial charge >= 0.3 is 17.4 Å². The highest BCUT2D eigenvalue weighted by Gasteiger charge is 2.54. The average Bonchev–Trinajstić information content (AvgIpc) is 2.27. The Labute approximate surface area is 103 Å². The summed E-state index contributed by atoms with van der Waals surface area (Å²) in [6.45, 7) is 0. The van der Waals surface area contributed by atoms with Crippen molar-refractivity contribution >= 4 is 15.8 Å². The number of halogens is 5. The first-order valence-electron chi connectivity index (χ1n) is 4.44. The molecule has 106 valence electrons. The first-order valence-corrected chi connectivity index (χ1v) is 5.92. The summed E-state index contributed by atoms with van der Waals surface area (Å²) in [5.74, 6) is -2.97. The Morgan fingerprint density at radius 1 is 1.11 bits per heavy atom. The van der Waals surface area contributed by atoms with E-state index in [2.05, 4.69) is 0 Å². The van der Waals surface area contributed by atoms with Gasteiger partial charge in [0.1, 0.15) is 0 Å². The second kappa shape index (κ2) is 4.44. The molecule has 0 amide bonds. The van der Waals surface area contributed by atoms with Crippen LogP contribution in [0, 0.1) is 0 Å². The predicted molar refractivity (Wildman–Crippen MR) is 51.2 cm³/mol. The monoisotopic (exact) mass is 304 g/mol. The SMILES string of the molecule is O=C(O)C(F)(F)S(=O)(=O)c1cccc(C(F)(F)F)c1. The lowest BCUT2D eigenvalue weighted by molar-refractivity contribution is -0.153. The molecule has 4 nitrogen and oxygen atoms in total. The molecule has 1 aromatic carbocycles. The summed E-state index contributed by atoms with van der Waals surface area (Å²) in [6.07, 6.45) is -4.94. The molecule has 1 N–H and O–H groups in total. The van der Waals surface area contributed by atoms with Gasteiger partial charge in [-0.2, -0.15) is 22.0 Å². The van der Waals surface area contributed by atoms with Crippen LogP contribution in [0.4, 0.5) is 22.0 Å². The second-order valence-electron chi connectivity index (χ2n) is 3.35. The average molecular weight is 304 g/mol. The molecule has 0 heterocycles. The van der Waals surface area contributed by atoms with Crippen LogP contribution in [0.3, 0.4) is 0 Å². The van der Waals surface area contributed by atoms with Gasteiger partial charge in [-0.3, -0.25) is 0 Å². The number of hydrogen-bond acceptors (Lipinski definition) is 3. The maximum atomic E-state index is 13.0. The number of carbonyl (C=O) groups is 1. The van der Waals surface area contributed by atoms with E-state index in [0.717, 1.165) is 0 Å². The normalized spacial score (nSPS) is 13.3. The van der Waals surface area contributed by atoms with Gasteiger partial charge in [0.15, 0.2) is 0 Å². The zero-order valence-electron chi connectivity index (χ0n) is 8.78. The summed E-state index contributed by atoms with van der Waals surface area (Å²) in [4.78, 5) is 8.75. The van der Waals surface area contributed by atoms with Gasteiger partial charge in [-0.05, 0) is 18.2 Å². The lowest BCUT2D eigenvalue weighted by Crippen LogP contribution is -2.37. The van der Waals surface area contributed by atoms with E-state index < -0.39 is 37.7 Å². The van der Waals surface area contributed by atoms with Gasteiger partial charge in [-0.1, -0.05) is 6.07 Å². The first-order chi connectivity index (χ1) is 8.40. The molecule has 0 fully saturated rings. The summed E-state index contributed by atoms with van der Waals surface area (Å²) in [7, 11) is -5.75. The van der Waals surface area contributed by atoms with E-state index >= 15 is 0 Å². The molecule has 0 saturated heterocycles. The van der Waals surface area contributed by atoms with Crippen LogP contribution >= 0.6 is 0 Å². The van der Waals surface area contributed by atoms with Gasteiger partial charge < -0.3 is 5.11 Å². The number of aliphatic carboxylic acids is 1. The number of sulfone groups is 1. The maximum Gasteiger partial charge on any atom is 0.444 e. The number of hydrogen-bond donors (Lipinski definition) is 1. The van der Waals surface area contributed by atoms with Crippen molar-refractivity contribution in [1.82, 2.24) is 0 Å². The third kappa shape index (κ3) is 2.67. The molecule has 0 bridgehead atoms. The van der Waals surface area contributed by atoms with Gasteiger partial charge in [-0.15, -0.1) is 0 Å². The second-order valence-corrected chi connectivity index (χ2v) is 5.34. The minimum atomic E-state index is -5.75. The molecule has 0 spiro atoms. The number of carboxylic acid groups (broad SMARTS) is 1. The molecule has 0 unspecified atom stereocenters. The highest BCUT2D eigenvalue weighted by atomic mass is 32.2. The standard InChI is InChI=1S/C9H5F5O4S/c10-8(11,12)5-2-1-3-6(4-5)19(17,18)9(13,14)7(15)16/h1-4H,(H,15,16). The van der Waals surface area contributed by atoms with E-state index in [9.17, 15) is 35.2 Å². The van der Waals surface area contributed by atoms with Crippen molar-refractivity contribution in [3.8, 4) is 0 Å². The Morgan fingerprint density at radius 2 is 1.63 bits per heavy atom. The third-order valence-corrected chi connectivity index (χ3v) is 3.78. The highest BCUT2D eigenvalue weighted by molar-refractivity contribution is 7.93. The Bertz CT molecular complexity index is 605. The van der Waals surface area contributed by atoms with Crippen molar-refractivity contribution in [2.75, 3.05) is 0 Å². The number of rotatable bonds is 3. The Hall–Kier alpha value is -1.71. The fraction of sp³-hybridized carbons (Fsp3) is 0.222. The number of benzene rings is 1. The van der Waals surface area contributed by atoms with Crippen LogP contribution in [0.5, 0.6) is 0 Å². The first kappa shape index (κ1) is 15.3. The fourth-order valence-corrected chi connectivity index (χ4v) is 2.17. The van der Waals surface area contributed by atoms with E-state index in [1.54, 1.807) is 0 Å². The zero-order chi connectivity index (χ0) is 15.1. The molecular weight excluding hydrogens is 299 g/mol. The summed E-state index contributed by atoms with van der Waals surface area (Å²) >= 11 is 0. The van der Waals surface area contributed by atoms with Crippen LogP contribution in [0.1, 0.15) is 5.56 Å². The number of alkyl halides is 5. The van der Waals surface area contributed by atoms with Crippen molar-refractivity contribution in [3.63, 3.8) is 0 Å². The van der Waals surface area contributed by atoms with Gasteiger partial charge in [-0.25, -0.2) is 13.2 Å². The van der Waals surface area contributed by atoms with Crippen LogP contribution in [0.15, 0.2) is 29.2 Å². The predicted octanol–water partition coefficient (Wildman–Crippen LogP) is 2.16. The molecule has 10 heteroatoms.